The molecule has 0 N–H and O–H groups in total. The van der Waals surface area contributed by atoms with Crippen LogP contribution in [-0.2, 0) is 0 Å². The van der Waals surface area contributed by atoms with Gasteiger partial charge in [-0.05, 0) is 25.0 Å². The van der Waals surface area contributed by atoms with Crippen LogP contribution in [0, 0.1) is 5.41 Å². The summed E-state index contributed by atoms with van der Waals surface area (Å²) in [5.74, 6) is 0.756. The molecule has 0 aliphatic rings. The normalized spacial score (nSPS) is 20.6. The minimum Gasteiger partial charge on any atom is -0.161 e. The van der Waals surface area contributed by atoms with E-state index in [-0.39, 0.29) is 0 Å². The first kappa shape index (κ1) is 15.2. The highest BCUT2D eigenvalue weighted by molar-refractivity contribution is 7.99. The van der Waals surface area contributed by atoms with Crippen molar-refractivity contribution in [2.75, 3.05) is 6.26 Å². The SMILES string of the molecule is CBC(C)C(C)(/C(=C\C)CC)C(C)SC. The van der Waals surface area contributed by atoms with E-state index in [1.807, 2.05) is 11.8 Å². The molecule has 0 heterocycles. The zero-order valence-electron chi connectivity index (χ0n) is 11.6. The lowest BCUT2D eigenvalue weighted by molar-refractivity contribution is 0.368. The number of hydrogen-bond donors (Lipinski definition) is 0. The van der Waals surface area contributed by atoms with Gasteiger partial charge in [-0.3, -0.25) is 0 Å². The van der Waals surface area contributed by atoms with Crippen molar-refractivity contribution < 1.29 is 0 Å². The van der Waals surface area contributed by atoms with E-state index in [0.29, 0.717) is 10.7 Å². The van der Waals surface area contributed by atoms with Crippen LogP contribution >= 0.6 is 11.8 Å². The first-order valence-electron chi connectivity index (χ1n) is 6.17. The van der Waals surface area contributed by atoms with Crippen LogP contribution in [0.1, 0.15) is 41.0 Å². The fraction of sp³-hybridized carbons (Fsp3) is 0.846. The molecule has 2 heteroatoms. The summed E-state index contributed by atoms with van der Waals surface area (Å²) >= 11 is 1.99. The van der Waals surface area contributed by atoms with E-state index in [0.717, 1.165) is 5.82 Å². The minimum atomic E-state index is 0.359. The molecule has 3 atom stereocenters. The Hall–Kier alpha value is 0.155. The summed E-state index contributed by atoms with van der Waals surface area (Å²) in [7, 11) is 1.26. The average Bonchev–Trinajstić information content (AvgIpc) is 2.27. The predicted octanol–water partition coefficient (Wildman–Crippen LogP) is 4.39. The van der Waals surface area contributed by atoms with Crippen LogP contribution < -0.4 is 0 Å². The van der Waals surface area contributed by atoms with Gasteiger partial charge in [0.2, 0.25) is 0 Å². The van der Waals surface area contributed by atoms with Gasteiger partial charge in [0, 0.05) is 5.25 Å². The molecule has 0 aliphatic heterocycles. The molecule has 0 radical (unpaired) electrons. The molecule has 0 aliphatic carbocycles. The van der Waals surface area contributed by atoms with Gasteiger partial charge >= 0.3 is 0 Å². The maximum atomic E-state index is 2.45. The highest BCUT2D eigenvalue weighted by Crippen LogP contribution is 2.47. The third-order valence-corrected chi connectivity index (χ3v) is 5.45. The van der Waals surface area contributed by atoms with Gasteiger partial charge in [0.05, 0.1) is 0 Å². The van der Waals surface area contributed by atoms with Crippen molar-refractivity contribution in [3.8, 4) is 0 Å². The van der Waals surface area contributed by atoms with E-state index in [2.05, 4.69) is 53.8 Å². The van der Waals surface area contributed by atoms with Crippen molar-refractivity contribution in [3.05, 3.63) is 11.6 Å². The summed E-state index contributed by atoms with van der Waals surface area (Å²) in [6.07, 6.45) is 5.75. The smallest absolute Gasteiger partial charge is 0.121 e. The summed E-state index contributed by atoms with van der Waals surface area (Å²) in [5.41, 5.74) is 1.98. The lowest BCUT2D eigenvalue weighted by atomic mass is 9.52. The third kappa shape index (κ3) is 3.06. The Labute approximate surface area is 102 Å². The van der Waals surface area contributed by atoms with Gasteiger partial charge in [0.25, 0.3) is 0 Å². The Balaban J connectivity index is 5.18. The molecule has 3 unspecified atom stereocenters. The van der Waals surface area contributed by atoms with Crippen LogP contribution in [0.25, 0.3) is 0 Å². The van der Waals surface area contributed by atoms with Gasteiger partial charge in [-0.2, -0.15) is 11.8 Å². The van der Waals surface area contributed by atoms with E-state index in [4.69, 9.17) is 0 Å². The molecule has 0 saturated heterocycles. The van der Waals surface area contributed by atoms with Gasteiger partial charge in [-0.25, -0.2) is 0 Å². The molecule has 0 spiro atoms. The molecule has 88 valence electrons. The van der Waals surface area contributed by atoms with Crippen molar-refractivity contribution in [2.45, 2.75) is 58.9 Å². The zero-order chi connectivity index (χ0) is 12.1. The average molecular weight is 226 g/mol. The topological polar surface area (TPSA) is 0 Å². The van der Waals surface area contributed by atoms with Crippen LogP contribution in [0.15, 0.2) is 11.6 Å². The Kier molecular flexibility index (Phi) is 6.75. The molecule has 0 saturated carbocycles. The first-order chi connectivity index (χ1) is 6.98. The molecule has 0 nitrogen and oxygen atoms in total. The van der Waals surface area contributed by atoms with Crippen molar-refractivity contribution in [3.63, 3.8) is 0 Å². The molecule has 0 rings (SSSR count). The predicted molar refractivity (Wildman–Crippen MR) is 77.6 cm³/mol. The van der Waals surface area contributed by atoms with Crippen molar-refractivity contribution >= 4 is 19.0 Å². The molecular formula is C13H27BS. The summed E-state index contributed by atoms with van der Waals surface area (Å²) < 4.78 is 0. The Morgan fingerprint density at radius 1 is 1.47 bits per heavy atom. The highest BCUT2D eigenvalue weighted by Gasteiger charge is 2.37. The second-order valence-electron chi connectivity index (χ2n) is 4.64. The van der Waals surface area contributed by atoms with Gasteiger partial charge in [-0.15, -0.1) is 0 Å². The lowest BCUT2D eigenvalue weighted by Gasteiger charge is -2.42. The molecule has 0 aromatic rings. The van der Waals surface area contributed by atoms with Gasteiger partial charge in [-0.1, -0.05) is 52.0 Å². The number of allylic oxidation sites excluding steroid dienone is 2. The van der Waals surface area contributed by atoms with Gasteiger partial charge < -0.3 is 0 Å². The Morgan fingerprint density at radius 3 is 2.27 bits per heavy atom. The number of rotatable bonds is 6. The summed E-state index contributed by atoms with van der Waals surface area (Å²) in [5, 5.41) is 0.693. The molecule has 0 amide bonds. The first-order valence-corrected chi connectivity index (χ1v) is 7.46. The van der Waals surface area contributed by atoms with E-state index < -0.39 is 0 Å². The van der Waals surface area contributed by atoms with E-state index >= 15 is 0 Å². The molecule has 0 aromatic heterocycles. The van der Waals surface area contributed by atoms with Crippen LogP contribution in [0.2, 0.25) is 12.6 Å². The van der Waals surface area contributed by atoms with E-state index in [9.17, 15) is 0 Å². The summed E-state index contributed by atoms with van der Waals surface area (Å²) in [4.78, 5) is 0. The Bertz CT molecular complexity index is 201. The minimum absolute atomic E-state index is 0.359. The number of hydrogen-bond acceptors (Lipinski definition) is 1. The summed E-state index contributed by atoms with van der Waals surface area (Å²) in [6, 6.07) is 0. The second kappa shape index (κ2) is 6.68. The van der Waals surface area contributed by atoms with Crippen LogP contribution in [-0.4, -0.2) is 18.8 Å². The quantitative estimate of drug-likeness (QED) is 0.478. The second-order valence-corrected chi connectivity index (χ2v) is 5.82. The van der Waals surface area contributed by atoms with Crippen molar-refractivity contribution in [1.29, 1.82) is 0 Å². The van der Waals surface area contributed by atoms with Crippen LogP contribution in [0.3, 0.4) is 0 Å². The monoisotopic (exact) mass is 226 g/mol. The van der Waals surface area contributed by atoms with Crippen molar-refractivity contribution in [1.82, 2.24) is 0 Å². The number of thioether (sulfide) groups is 1. The van der Waals surface area contributed by atoms with Crippen molar-refractivity contribution in [2.24, 2.45) is 5.41 Å². The third-order valence-electron chi connectivity index (χ3n) is 4.26. The Morgan fingerprint density at radius 2 is 2.00 bits per heavy atom. The summed E-state index contributed by atoms with van der Waals surface area (Å²) in [6.45, 7) is 14.0. The fourth-order valence-corrected chi connectivity index (χ4v) is 3.42. The fourth-order valence-electron chi connectivity index (χ4n) is 2.54. The standard InChI is InChI=1S/C13H27BS/c1-8-12(9-2)13(5,10(3)14-6)11(4)15-7/h8,10-11,14H,9H2,1-7H3/b12-8-. The van der Waals surface area contributed by atoms with Gasteiger partial charge in [0.15, 0.2) is 0 Å². The molecule has 0 fully saturated rings. The largest absolute Gasteiger partial charge is 0.161 e. The van der Waals surface area contributed by atoms with E-state index in [1.54, 1.807) is 5.57 Å². The van der Waals surface area contributed by atoms with Crippen LogP contribution in [0.5, 0.6) is 0 Å². The van der Waals surface area contributed by atoms with Gasteiger partial charge in [0.1, 0.15) is 7.28 Å². The molecule has 0 bridgehead atoms. The maximum Gasteiger partial charge on any atom is 0.121 e. The molecular weight excluding hydrogens is 199 g/mol. The van der Waals surface area contributed by atoms with E-state index in [1.165, 1.54) is 13.7 Å². The molecule has 0 aromatic carbocycles. The maximum absolute atomic E-state index is 2.45. The highest BCUT2D eigenvalue weighted by atomic mass is 32.2. The molecule has 15 heavy (non-hydrogen) atoms. The lowest BCUT2D eigenvalue weighted by Crippen LogP contribution is -2.35. The van der Waals surface area contributed by atoms with Crippen LogP contribution in [0.4, 0.5) is 0 Å². The zero-order valence-corrected chi connectivity index (χ0v) is 12.4.